The van der Waals surface area contributed by atoms with Crippen LogP contribution in [0.15, 0.2) is 47.8 Å². The van der Waals surface area contributed by atoms with E-state index in [1.807, 2.05) is 55.6 Å². The summed E-state index contributed by atoms with van der Waals surface area (Å²) in [5.41, 5.74) is 3.89. The van der Waals surface area contributed by atoms with E-state index in [1.54, 1.807) is 11.0 Å². The van der Waals surface area contributed by atoms with Gasteiger partial charge in [-0.2, -0.15) is 0 Å². The van der Waals surface area contributed by atoms with E-state index in [0.29, 0.717) is 23.0 Å². The second-order valence-corrected chi connectivity index (χ2v) is 7.27. The summed E-state index contributed by atoms with van der Waals surface area (Å²) in [6.45, 7) is 4.47. The molecule has 2 amide bonds. The lowest BCUT2D eigenvalue weighted by Gasteiger charge is -2.28. The standard InChI is InChI=1S/C21H19N3O3S/c1-3-24-17-10-14(8-9-18(17)27-11-19(24)25)16-12-28-21(22-16)23-20(26)15-7-5-4-6-13(15)2/h4-10,12H,3,11H2,1-2H3,(H,22,23,26). The molecule has 1 N–H and O–H groups in total. The van der Waals surface area contributed by atoms with Crippen LogP contribution in [0.4, 0.5) is 10.8 Å². The van der Waals surface area contributed by atoms with Crippen LogP contribution in [0.25, 0.3) is 11.3 Å². The molecule has 7 heteroatoms. The largest absolute Gasteiger partial charge is 0.482 e. The van der Waals surface area contributed by atoms with Crippen LogP contribution in [-0.4, -0.2) is 29.9 Å². The molecule has 0 fully saturated rings. The Kier molecular flexibility index (Phi) is 4.83. The number of fused-ring (bicyclic) bond motifs is 1. The molecular formula is C21H19N3O3S. The summed E-state index contributed by atoms with van der Waals surface area (Å²) >= 11 is 1.36. The van der Waals surface area contributed by atoms with Crippen molar-refractivity contribution < 1.29 is 14.3 Å². The van der Waals surface area contributed by atoms with E-state index in [1.165, 1.54) is 11.3 Å². The molecule has 0 spiro atoms. The molecule has 0 unspecified atom stereocenters. The minimum Gasteiger partial charge on any atom is -0.482 e. The van der Waals surface area contributed by atoms with E-state index >= 15 is 0 Å². The van der Waals surface area contributed by atoms with Crippen LogP contribution in [0.5, 0.6) is 5.75 Å². The lowest BCUT2D eigenvalue weighted by Crippen LogP contribution is -2.38. The van der Waals surface area contributed by atoms with Gasteiger partial charge in [0, 0.05) is 23.1 Å². The lowest BCUT2D eigenvalue weighted by atomic mass is 10.1. The molecule has 2 aromatic carbocycles. The van der Waals surface area contributed by atoms with Crippen molar-refractivity contribution in [2.45, 2.75) is 13.8 Å². The number of amides is 2. The minimum atomic E-state index is -0.180. The number of carbonyl (C=O) groups is 2. The van der Waals surface area contributed by atoms with E-state index < -0.39 is 0 Å². The quantitative estimate of drug-likeness (QED) is 0.724. The Hall–Kier alpha value is -3.19. The maximum absolute atomic E-state index is 12.5. The maximum atomic E-state index is 12.5. The average molecular weight is 393 g/mol. The molecule has 3 aromatic rings. The van der Waals surface area contributed by atoms with Gasteiger partial charge in [0.25, 0.3) is 11.8 Å². The summed E-state index contributed by atoms with van der Waals surface area (Å²) in [6.07, 6.45) is 0. The fraction of sp³-hybridized carbons (Fsp3) is 0.190. The Morgan fingerprint density at radius 3 is 2.89 bits per heavy atom. The molecular weight excluding hydrogens is 374 g/mol. The van der Waals surface area contributed by atoms with Gasteiger partial charge in [-0.3, -0.25) is 14.9 Å². The number of aryl methyl sites for hydroxylation is 1. The molecule has 0 atom stereocenters. The first kappa shape index (κ1) is 18.2. The zero-order valence-electron chi connectivity index (χ0n) is 15.6. The van der Waals surface area contributed by atoms with Crippen LogP contribution in [-0.2, 0) is 4.79 Å². The lowest BCUT2D eigenvalue weighted by molar-refractivity contribution is -0.121. The number of thiazole rings is 1. The zero-order chi connectivity index (χ0) is 19.7. The van der Waals surface area contributed by atoms with Crippen molar-refractivity contribution in [3.8, 4) is 17.0 Å². The Bertz CT molecular complexity index is 1060. The number of hydrogen-bond acceptors (Lipinski definition) is 5. The number of likely N-dealkylation sites (N-methyl/N-ethyl adjacent to an activating group) is 1. The van der Waals surface area contributed by atoms with E-state index in [2.05, 4.69) is 10.3 Å². The van der Waals surface area contributed by atoms with Gasteiger partial charge in [-0.25, -0.2) is 4.98 Å². The van der Waals surface area contributed by atoms with Crippen molar-refractivity contribution in [2.75, 3.05) is 23.4 Å². The second-order valence-electron chi connectivity index (χ2n) is 6.42. The van der Waals surface area contributed by atoms with Crippen molar-refractivity contribution in [1.29, 1.82) is 0 Å². The Labute approximate surface area is 166 Å². The molecule has 0 saturated carbocycles. The van der Waals surface area contributed by atoms with Crippen molar-refractivity contribution in [2.24, 2.45) is 0 Å². The molecule has 0 saturated heterocycles. The highest BCUT2D eigenvalue weighted by molar-refractivity contribution is 7.14. The SMILES string of the molecule is CCN1C(=O)COc2ccc(-c3csc(NC(=O)c4ccccc4C)n3)cc21. The summed E-state index contributed by atoms with van der Waals surface area (Å²) in [5.74, 6) is 0.450. The second kappa shape index (κ2) is 7.44. The fourth-order valence-corrected chi connectivity index (χ4v) is 3.88. The molecule has 0 radical (unpaired) electrons. The highest BCUT2D eigenvalue weighted by Crippen LogP contribution is 2.36. The molecule has 0 aliphatic carbocycles. The number of ether oxygens (including phenoxy) is 1. The monoisotopic (exact) mass is 393 g/mol. The molecule has 0 bridgehead atoms. The van der Waals surface area contributed by atoms with Gasteiger partial charge >= 0.3 is 0 Å². The first-order valence-electron chi connectivity index (χ1n) is 8.97. The Morgan fingerprint density at radius 1 is 1.29 bits per heavy atom. The summed E-state index contributed by atoms with van der Waals surface area (Å²) in [4.78, 5) is 30.8. The summed E-state index contributed by atoms with van der Waals surface area (Å²) < 4.78 is 5.51. The molecule has 1 aliphatic heterocycles. The smallest absolute Gasteiger partial charge is 0.265 e. The van der Waals surface area contributed by atoms with Crippen LogP contribution >= 0.6 is 11.3 Å². The molecule has 4 rings (SSSR count). The van der Waals surface area contributed by atoms with Crippen LogP contribution in [0, 0.1) is 6.92 Å². The van der Waals surface area contributed by atoms with Gasteiger partial charge in [-0.1, -0.05) is 18.2 Å². The number of aromatic nitrogens is 1. The number of hydrogen-bond donors (Lipinski definition) is 1. The van der Waals surface area contributed by atoms with Gasteiger partial charge < -0.3 is 9.64 Å². The molecule has 2 heterocycles. The molecule has 1 aliphatic rings. The molecule has 1 aromatic heterocycles. The number of carbonyl (C=O) groups excluding carboxylic acids is 2. The van der Waals surface area contributed by atoms with Crippen molar-refractivity contribution in [3.05, 3.63) is 59.0 Å². The van der Waals surface area contributed by atoms with Gasteiger partial charge in [0.15, 0.2) is 11.7 Å². The normalized spacial score (nSPS) is 13.1. The third-order valence-corrected chi connectivity index (χ3v) is 5.39. The van der Waals surface area contributed by atoms with Crippen LogP contribution in [0.3, 0.4) is 0 Å². The summed E-state index contributed by atoms with van der Waals surface area (Å²) in [7, 11) is 0. The number of benzene rings is 2. The van der Waals surface area contributed by atoms with E-state index in [9.17, 15) is 9.59 Å². The van der Waals surface area contributed by atoms with Crippen molar-refractivity contribution in [1.82, 2.24) is 4.98 Å². The molecule has 28 heavy (non-hydrogen) atoms. The average Bonchev–Trinajstić information content (AvgIpc) is 3.16. The number of nitrogens with zero attached hydrogens (tertiary/aromatic N) is 2. The minimum absolute atomic E-state index is 0.0587. The van der Waals surface area contributed by atoms with Gasteiger partial charge in [-0.15, -0.1) is 11.3 Å². The van der Waals surface area contributed by atoms with E-state index in [0.717, 1.165) is 22.5 Å². The number of rotatable bonds is 4. The third-order valence-electron chi connectivity index (χ3n) is 4.63. The predicted octanol–water partition coefficient (Wildman–Crippen LogP) is 4.12. The topological polar surface area (TPSA) is 71.5 Å². The van der Waals surface area contributed by atoms with E-state index in [4.69, 9.17) is 4.74 Å². The van der Waals surface area contributed by atoms with Gasteiger partial charge in [0.05, 0.1) is 11.4 Å². The summed E-state index contributed by atoms with van der Waals surface area (Å²) in [6, 6.07) is 13.1. The Morgan fingerprint density at radius 2 is 2.11 bits per heavy atom. The first-order valence-corrected chi connectivity index (χ1v) is 9.85. The molecule has 142 valence electrons. The van der Waals surface area contributed by atoms with E-state index in [-0.39, 0.29) is 18.4 Å². The highest BCUT2D eigenvalue weighted by atomic mass is 32.1. The first-order chi connectivity index (χ1) is 13.6. The van der Waals surface area contributed by atoms with Crippen LogP contribution < -0.4 is 15.0 Å². The predicted molar refractivity (Wildman–Crippen MR) is 110 cm³/mol. The summed E-state index contributed by atoms with van der Waals surface area (Å²) in [5, 5.41) is 5.27. The highest BCUT2D eigenvalue weighted by Gasteiger charge is 2.24. The van der Waals surface area contributed by atoms with Gasteiger partial charge in [0.2, 0.25) is 0 Å². The molecule has 6 nitrogen and oxygen atoms in total. The van der Waals surface area contributed by atoms with Gasteiger partial charge in [0.1, 0.15) is 5.75 Å². The van der Waals surface area contributed by atoms with Crippen LogP contribution in [0.2, 0.25) is 0 Å². The maximum Gasteiger partial charge on any atom is 0.265 e. The van der Waals surface area contributed by atoms with Gasteiger partial charge in [-0.05, 0) is 43.7 Å². The zero-order valence-corrected chi connectivity index (χ0v) is 16.4. The van der Waals surface area contributed by atoms with Crippen molar-refractivity contribution >= 4 is 34.0 Å². The van der Waals surface area contributed by atoms with Crippen LogP contribution in [0.1, 0.15) is 22.8 Å². The third kappa shape index (κ3) is 3.36. The fourth-order valence-electron chi connectivity index (χ4n) is 3.16. The number of anilines is 2. The Balaban J connectivity index is 1.58. The number of nitrogens with one attached hydrogen (secondary N) is 1. The van der Waals surface area contributed by atoms with Crippen molar-refractivity contribution in [3.63, 3.8) is 0 Å².